The van der Waals surface area contributed by atoms with Crippen molar-refractivity contribution >= 4 is 18.0 Å². The molecule has 2 aliphatic carbocycles. The zero-order valence-electron chi connectivity index (χ0n) is 20.2. The molecule has 7 nitrogen and oxygen atoms in total. The molecule has 186 valence electrons. The van der Waals surface area contributed by atoms with Gasteiger partial charge in [0.25, 0.3) is 0 Å². The number of hydrogen-bond donors (Lipinski definition) is 3. The van der Waals surface area contributed by atoms with E-state index in [9.17, 15) is 14.4 Å². The van der Waals surface area contributed by atoms with Gasteiger partial charge in [0.05, 0.1) is 12.3 Å². The number of nitrogens with one attached hydrogen (secondary N) is 2. The van der Waals surface area contributed by atoms with Crippen LogP contribution in [0.25, 0.3) is 11.1 Å². The number of benzene rings is 2. The van der Waals surface area contributed by atoms with E-state index in [0.29, 0.717) is 19.3 Å². The Balaban J connectivity index is 1.37. The summed E-state index contributed by atoms with van der Waals surface area (Å²) < 4.78 is 5.68. The third kappa shape index (κ3) is 5.84. The Kier molecular flexibility index (Phi) is 8.06. The molecule has 35 heavy (non-hydrogen) atoms. The van der Waals surface area contributed by atoms with Crippen molar-refractivity contribution in [1.82, 2.24) is 10.6 Å². The average Bonchev–Trinajstić information content (AvgIpc) is 3.16. The first-order chi connectivity index (χ1) is 17.0. The van der Waals surface area contributed by atoms with Gasteiger partial charge in [-0.15, -0.1) is 0 Å². The van der Waals surface area contributed by atoms with Crippen molar-refractivity contribution in [2.45, 2.75) is 69.9 Å². The van der Waals surface area contributed by atoms with E-state index < -0.39 is 24.0 Å². The highest BCUT2D eigenvalue weighted by molar-refractivity contribution is 5.82. The van der Waals surface area contributed by atoms with E-state index in [1.54, 1.807) is 0 Å². The lowest BCUT2D eigenvalue weighted by Gasteiger charge is -2.32. The van der Waals surface area contributed by atoms with Crippen LogP contribution in [0.15, 0.2) is 48.5 Å². The van der Waals surface area contributed by atoms with Crippen molar-refractivity contribution in [3.63, 3.8) is 0 Å². The Labute approximate surface area is 206 Å². The lowest BCUT2D eigenvalue weighted by atomic mass is 9.83. The highest BCUT2D eigenvalue weighted by atomic mass is 16.5. The fraction of sp³-hybridized carbons (Fsp3) is 0.464. The number of hydrogen-bond acceptors (Lipinski definition) is 4. The molecule has 1 saturated carbocycles. The molecule has 2 aromatic rings. The second-order valence-corrected chi connectivity index (χ2v) is 9.56. The maximum atomic E-state index is 13.0. The van der Waals surface area contributed by atoms with E-state index in [0.717, 1.165) is 30.4 Å². The van der Waals surface area contributed by atoms with Crippen LogP contribution in [-0.2, 0) is 14.3 Å². The van der Waals surface area contributed by atoms with Crippen LogP contribution in [0.2, 0.25) is 0 Å². The average molecular weight is 479 g/mol. The Hall–Kier alpha value is -3.35. The second kappa shape index (κ2) is 11.4. The molecular formula is C28H34N2O5. The molecule has 0 spiro atoms. The van der Waals surface area contributed by atoms with Gasteiger partial charge in [0.15, 0.2) is 0 Å². The van der Waals surface area contributed by atoms with Crippen LogP contribution in [0.4, 0.5) is 4.79 Å². The molecule has 3 atom stereocenters. The minimum absolute atomic E-state index is 0.0237. The number of carboxylic acid groups (broad SMARTS) is 1. The van der Waals surface area contributed by atoms with Crippen LogP contribution in [0.1, 0.15) is 68.9 Å². The molecule has 0 bridgehead atoms. The van der Waals surface area contributed by atoms with E-state index in [1.807, 2.05) is 31.2 Å². The van der Waals surface area contributed by atoms with E-state index in [-0.39, 0.29) is 30.9 Å². The summed E-state index contributed by atoms with van der Waals surface area (Å²) in [4.78, 5) is 37.0. The van der Waals surface area contributed by atoms with Crippen LogP contribution in [0, 0.1) is 5.92 Å². The molecule has 2 aromatic carbocycles. The SMILES string of the molecule is CCC[C@H](CC(=O)O)NC(=O)C1CCCCC1NC(=O)OCC1c2ccccc2-c2ccccc21. The summed E-state index contributed by atoms with van der Waals surface area (Å²) in [5.74, 6) is -1.53. The highest BCUT2D eigenvalue weighted by Crippen LogP contribution is 2.44. The third-order valence-electron chi connectivity index (χ3n) is 7.15. The number of carbonyl (C=O) groups excluding carboxylic acids is 2. The molecule has 4 rings (SSSR count). The summed E-state index contributed by atoms with van der Waals surface area (Å²) in [6.07, 6.45) is 3.94. The van der Waals surface area contributed by atoms with Crippen molar-refractivity contribution in [3.8, 4) is 11.1 Å². The number of carboxylic acids is 1. The van der Waals surface area contributed by atoms with Gasteiger partial charge in [-0.1, -0.05) is 74.7 Å². The largest absolute Gasteiger partial charge is 0.481 e. The first-order valence-electron chi connectivity index (χ1n) is 12.6. The van der Waals surface area contributed by atoms with Crippen molar-refractivity contribution < 1.29 is 24.2 Å². The molecule has 0 radical (unpaired) electrons. The van der Waals surface area contributed by atoms with E-state index in [4.69, 9.17) is 9.84 Å². The predicted molar refractivity (Wildman–Crippen MR) is 133 cm³/mol. The van der Waals surface area contributed by atoms with Crippen molar-refractivity contribution in [2.24, 2.45) is 5.92 Å². The van der Waals surface area contributed by atoms with Gasteiger partial charge in [-0.25, -0.2) is 4.79 Å². The van der Waals surface area contributed by atoms with Gasteiger partial charge < -0.3 is 20.5 Å². The Morgan fingerprint density at radius 3 is 2.26 bits per heavy atom. The van der Waals surface area contributed by atoms with Gasteiger partial charge in [-0.05, 0) is 41.5 Å². The standard InChI is InChI=1S/C28H34N2O5/c1-2-9-18(16-26(31)32)29-27(33)23-14-7-8-15-25(23)30-28(34)35-17-24-21-12-5-3-10-19(21)20-11-4-6-13-22(20)24/h3-6,10-13,18,23-25H,2,7-9,14-17H2,1H3,(H,29,33)(H,30,34)(H,31,32)/t18-,23?,25?/m1/s1. The first kappa shape index (κ1) is 24.8. The van der Waals surface area contributed by atoms with E-state index in [2.05, 4.69) is 34.9 Å². The second-order valence-electron chi connectivity index (χ2n) is 9.56. The number of carbonyl (C=O) groups is 3. The molecule has 0 saturated heterocycles. The smallest absolute Gasteiger partial charge is 0.407 e. The summed E-state index contributed by atoms with van der Waals surface area (Å²) in [5.41, 5.74) is 4.64. The third-order valence-corrected chi connectivity index (χ3v) is 7.15. The number of rotatable bonds is 9. The van der Waals surface area contributed by atoms with E-state index >= 15 is 0 Å². The number of alkyl carbamates (subject to hydrolysis) is 1. The summed E-state index contributed by atoms with van der Waals surface area (Å²) in [6.45, 7) is 2.18. The van der Waals surface area contributed by atoms with Gasteiger partial charge in [-0.2, -0.15) is 0 Å². The highest BCUT2D eigenvalue weighted by Gasteiger charge is 2.34. The lowest BCUT2D eigenvalue weighted by Crippen LogP contribution is -2.50. The minimum Gasteiger partial charge on any atom is -0.481 e. The quantitative estimate of drug-likeness (QED) is 0.478. The molecule has 2 unspecified atom stereocenters. The number of aliphatic carboxylic acids is 1. The normalized spacial score (nSPS) is 19.8. The van der Waals surface area contributed by atoms with Gasteiger partial charge in [0, 0.05) is 18.0 Å². The summed E-state index contributed by atoms with van der Waals surface area (Å²) in [5, 5.41) is 15.0. The molecule has 0 aromatic heterocycles. The lowest BCUT2D eigenvalue weighted by molar-refractivity contribution is -0.138. The van der Waals surface area contributed by atoms with Gasteiger partial charge in [0.1, 0.15) is 6.61 Å². The fourth-order valence-corrected chi connectivity index (χ4v) is 5.50. The van der Waals surface area contributed by atoms with Crippen molar-refractivity contribution in [3.05, 3.63) is 59.7 Å². The Bertz CT molecular complexity index is 1020. The summed E-state index contributed by atoms with van der Waals surface area (Å²) >= 11 is 0. The first-order valence-corrected chi connectivity index (χ1v) is 12.6. The monoisotopic (exact) mass is 478 g/mol. The number of amides is 2. The molecule has 0 heterocycles. The van der Waals surface area contributed by atoms with Crippen LogP contribution < -0.4 is 10.6 Å². The fourth-order valence-electron chi connectivity index (χ4n) is 5.50. The van der Waals surface area contributed by atoms with Gasteiger partial charge >= 0.3 is 12.1 Å². The molecule has 7 heteroatoms. The Morgan fingerprint density at radius 2 is 1.63 bits per heavy atom. The molecule has 0 aliphatic heterocycles. The predicted octanol–water partition coefficient (Wildman–Crippen LogP) is 4.84. The minimum atomic E-state index is -0.930. The van der Waals surface area contributed by atoms with Crippen LogP contribution >= 0.6 is 0 Å². The van der Waals surface area contributed by atoms with Gasteiger partial charge in [-0.3, -0.25) is 9.59 Å². The molecular weight excluding hydrogens is 444 g/mol. The van der Waals surface area contributed by atoms with Crippen molar-refractivity contribution in [2.75, 3.05) is 6.61 Å². The molecule has 2 amide bonds. The van der Waals surface area contributed by atoms with Crippen molar-refractivity contribution in [1.29, 1.82) is 0 Å². The van der Waals surface area contributed by atoms with Crippen LogP contribution in [-0.4, -0.2) is 41.8 Å². The Morgan fingerprint density at radius 1 is 1.00 bits per heavy atom. The zero-order valence-corrected chi connectivity index (χ0v) is 20.2. The number of fused-ring (bicyclic) bond motifs is 3. The molecule has 3 N–H and O–H groups in total. The topological polar surface area (TPSA) is 105 Å². The maximum absolute atomic E-state index is 13.0. The molecule has 2 aliphatic rings. The maximum Gasteiger partial charge on any atom is 0.407 e. The summed E-state index contributed by atoms with van der Waals surface area (Å²) in [7, 11) is 0. The van der Waals surface area contributed by atoms with Crippen LogP contribution in [0.3, 0.4) is 0 Å². The van der Waals surface area contributed by atoms with Crippen LogP contribution in [0.5, 0.6) is 0 Å². The molecule has 1 fully saturated rings. The zero-order chi connectivity index (χ0) is 24.8. The number of ether oxygens (including phenoxy) is 1. The summed E-state index contributed by atoms with van der Waals surface area (Å²) in [6, 6.07) is 15.6. The van der Waals surface area contributed by atoms with Gasteiger partial charge in [0.2, 0.25) is 5.91 Å². The van der Waals surface area contributed by atoms with E-state index in [1.165, 1.54) is 11.1 Å².